The molecule has 3 rings (SSSR count). The van der Waals surface area contributed by atoms with Crippen molar-refractivity contribution in [2.24, 2.45) is 11.5 Å². The summed E-state index contributed by atoms with van der Waals surface area (Å²) in [6, 6.07) is 9.52. The molecule has 0 aliphatic carbocycles. The largest absolute Gasteiger partial charge is 0.439 e. The summed E-state index contributed by atoms with van der Waals surface area (Å²) in [4.78, 5) is 24.0. The molecule has 0 aliphatic heterocycles. The molecule has 9 nitrogen and oxygen atoms in total. The summed E-state index contributed by atoms with van der Waals surface area (Å²) in [6.45, 7) is 1.58. The summed E-state index contributed by atoms with van der Waals surface area (Å²) in [6.07, 6.45) is 0.137. The number of pyridine rings is 1. The quantitative estimate of drug-likeness (QED) is 0.439. The van der Waals surface area contributed by atoms with Crippen molar-refractivity contribution >= 4 is 11.7 Å². The molecular formula is C19H19FN6O3. The molecule has 0 saturated carbocycles. The Morgan fingerprint density at radius 3 is 2.52 bits per heavy atom. The van der Waals surface area contributed by atoms with E-state index < -0.39 is 18.2 Å². The molecule has 0 saturated heterocycles. The summed E-state index contributed by atoms with van der Waals surface area (Å²) in [7, 11) is 0. The molecule has 2 aromatic heterocycles. The number of hydrogen-bond donors (Lipinski definition) is 4. The third-order valence-corrected chi connectivity index (χ3v) is 3.87. The summed E-state index contributed by atoms with van der Waals surface area (Å²) in [5.74, 6) is 0.289. The van der Waals surface area contributed by atoms with Gasteiger partial charge in [-0.15, -0.1) is 0 Å². The van der Waals surface area contributed by atoms with E-state index in [0.717, 1.165) is 0 Å². The van der Waals surface area contributed by atoms with Gasteiger partial charge in [0.25, 0.3) is 0 Å². The molecule has 1 amide bonds. The molecule has 2 heterocycles. The number of aliphatic hydroxyl groups is 1. The van der Waals surface area contributed by atoms with Gasteiger partial charge in [-0.2, -0.15) is 0 Å². The Morgan fingerprint density at radius 2 is 1.93 bits per heavy atom. The lowest BCUT2D eigenvalue weighted by molar-refractivity contribution is -0.118. The van der Waals surface area contributed by atoms with Gasteiger partial charge in [-0.1, -0.05) is 0 Å². The average Bonchev–Trinajstić information content (AvgIpc) is 2.70. The van der Waals surface area contributed by atoms with Crippen molar-refractivity contribution in [1.29, 1.82) is 0 Å². The molecule has 150 valence electrons. The van der Waals surface area contributed by atoms with Crippen LogP contribution in [-0.4, -0.2) is 32.0 Å². The van der Waals surface area contributed by atoms with Gasteiger partial charge >= 0.3 is 0 Å². The smallest absolute Gasteiger partial charge is 0.239 e. The number of benzene rings is 1. The Labute approximate surface area is 165 Å². The Kier molecular flexibility index (Phi) is 5.96. The second-order valence-electron chi connectivity index (χ2n) is 6.16. The van der Waals surface area contributed by atoms with E-state index in [4.69, 9.17) is 16.2 Å². The molecule has 0 fully saturated rings. The fraction of sp³-hybridized carbons (Fsp3) is 0.158. The lowest BCUT2D eigenvalue weighted by atomic mass is 10.2. The van der Waals surface area contributed by atoms with Crippen LogP contribution in [0.3, 0.4) is 0 Å². The lowest BCUT2D eigenvalue weighted by Crippen LogP contribution is -2.33. The van der Waals surface area contributed by atoms with E-state index in [1.54, 1.807) is 19.1 Å². The highest BCUT2D eigenvalue weighted by Crippen LogP contribution is 2.24. The highest BCUT2D eigenvalue weighted by atomic mass is 19.1. The molecule has 1 unspecified atom stereocenters. The van der Waals surface area contributed by atoms with Crippen LogP contribution in [-0.2, 0) is 4.79 Å². The monoisotopic (exact) mass is 398 g/mol. The molecule has 0 bridgehead atoms. The number of aromatic nitrogens is 3. The number of primary amides is 1. The van der Waals surface area contributed by atoms with Crippen molar-refractivity contribution in [3.8, 4) is 23.0 Å². The number of carbonyl (C=O) groups is 1. The number of halogens is 1. The number of nitrogens with two attached hydrogens (primary N) is 2. The Hall–Kier alpha value is -3.63. The summed E-state index contributed by atoms with van der Waals surface area (Å²) in [5, 5.41) is 12.5. The molecule has 29 heavy (non-hydrogen) atoms. The number of ether oxygens (including phenoxy) is 1. The van der Waals surface area contributed by atoms with Crippen LogP contribution in [0.1, 0.15) is 18.8 Å². The van der Waals surface area contributed by atoms with E-state index in [-0.39, 0.29) is 29.0 Å². The van der Waals surface area contributed by atoms with Gasteiger partial charge in [0.2, 0.25) is 11.8 Å². The third kappa shape index (κ3) is 5.21. The second kappa shape index (κ2) is 8.59. The molecule has 3 aromatic rings. The van der Waals surface area contributed by atoms with Crippen molar-refractivity contribution in [1.82, 2.24) is 15.0 Å². The van der Waals surface area contributed by atoms with Crippen LogP contribution >= 0.6 is 0 Å². The van der Waals surface area contributed by atoms with Crippen LogP contribution in [0.25, 0.3) is 11.4 Å². The maximum atomic E-state index is 13.0. The van der Waals surface area contributed by atoms with Crippen molar-refractivity contribution < 1.29 is 19.0 Å². The molecule has 6 N–H and O–H groups in total. The van der Waals surface area contributed by atoms with Gasteiger partial charge in [-0.3, -0.25) is 4.79 Å². The Bertz CT molecular complexity index is 996. The zero-order valence-corrected chi connectivity index (χ0v) is 15.4. The van der Waals surface area contributed by atoms with Crippen molar-refractivity contribution in [3.63, 3.8) is 0 Å². The van der Waals surface area contributed by atoms with Crippen LogP contribution in [0.4, 0.5) is 10.2 Å². The van der Waals surface area contributed by atoms with Gasteiger partial charge < -0.3 is 26.6 Å². The zero-order chi connectivity index (χ0) is 21.0. The first-order valence-electron chi connectivity index (χ1n) is 8.60. The summed E-state index contributed by atoms with van der Waals surface area (Å²) in [5.41, 5.74) is 11.5. The first-order valence-corrected chi connectivity index (χ1v) is 8.60. The van der Waals surface area contributed by atoms with Crippen LogP contribution < -0.4 is 21.5 Å². The van der Waals surface area contributed by atoms with E-state index in [0.29, 0.717) is 11.3 Å². The fourth-order valence-electron chi connectivity index (χ4n) is 2.31. The third-order valence-electron chi connectivity index (χ3n) is 3.87. The van der Waals surface area contributed by atoms with Gasteiger partial charge in [-0.25, -0.2) is 19.3 Å². The van der Waals surface area contributed by atoms with Gasteiger partial charge in [0.1, 0.15) is 29.7 Å². The molecule has 2 atom stereocenters. The maximum absolute atomic E-state index is 13.0. The number of carbonyl (C=O) groups excluding carboxylic acids is 1. The molecule has 0 spiro atoms. The maximum Gasteiger partial charge on any atom is 0.239 e. The van der Waals surface area contributed by atoms with Gasteiger partial charge in [0.15, 0.2) is 5.82 Å². The normalized spacial score (nSPS) is 12.8. The topological polar surface area (TPSA) is 149 Å². The Morgan fingerprint density at radius 1 is 1.21 bits per heavy atom. The minimum Gasteiger partial charge on any atom is -0.439 e. The number of nitrogens with one attached hydrogen (secondary N) is 1. The Balaban J connectivity index is 1.85. The fourth-order valence-corrected chi connectivity index (χ4v) is 2.31. The predicted octanol–water partition coefficient (Wildman–Crippen LogP) is 1.71. The van der Waals surface area contributed by atoms with Crippen molar-refractivity contribution in [3.05, 3.63) is 60.2 Å². The number of amides is 1. The first kappa shape index (κ1) is 20.1. The number of hydrogen-bond acceptors (Lipinski definition) is 8. The van der Waals surface area contributed by atoms with E-state index in [2.05, 4.69) is 20.3 Å². The minimum atomic E-state index is -1.34. The highest BCUT2D eigenvalue weighted by Gasteiger charge is 2.15. The number of aliphatic hydroxyl groups excluding tert-OH is 1. The molecule has 1 aromatic carbocycles. The standard InChI is InChI=1S/C19H19FN6O3/c1-10(17(21)27)24-15-8-14(18(22)28)25-19(26-15)11-2-7-16(23-9-11)29-13-5-3-12(20)4-6-13/h2-10,18,28H,22H2,1H3,(H2,21,27)(H,24,25,26)/t10-,18?/m0/s1. The predicted molar refractivity (Wildman–Crippen MR) is 103 cm³/mol. The molecular weight excluding hydrogens is 379 g/mol. The molecule has 0 aliphatic rings. The highest BCUT2D eigenvalue weighted by molar-refractivity contribution is 5.82. The van der Waals surface area contributed by atoms with Crippen LogP contribution in [0.5, 0.6) is 11.6 Å². The number of rotatable bonds is 7. The molecule has 10 heteroatoms. The number of anilines is 1. The van der Waals surface area contributed by atoms with Crippen LogP contribution in [0.2, 0.25) is 0 Å². The average molecular weight is 398 g/mol. The first-order chi connectivity index (χ1) is 13.8. The SMILES string of the molecule is C[C@H](Nc1cc(C(N)O)nc(-c2ccc(Oc3ccc(F)cc3)nc2)n1)C(N)=O. The summed E-state index contributed by atoms with van der Waals surface area (Å²) >= 11 is 0. The molecule has 0 radical (unpaired) electrons. The van der Waals surface area contributed by atoms with Gasteiger partial charge in [-0.05, 0) is 37.3 Å². The van der Waals surface area contributed by atoms with E-state index >= 15 is 0 Å². The van der Waals surface area contributed by atoms with Crippen molar-refractivity contribution in [2.75, 3.05) is 5.32 Å². The number of nitrogens with zero attached hydrogens (tertiary/aromatic N) is 3. The van der Waals surface area contributed by atoms with Crippen molar-refractivity contribution in [2.45, 2.75) is 19.2 Å². The van der Waals surface area contributed by atoms with E-state index in [9.17, 15) is 14.3 Å². The van der Waals surface area contributed by atoms with Gasteiger partial charge in [0.05, 0.1) is 5.69 Å². The van der Waals surface area contributed by atoms with E-state index in [1.807, 2.05) is 0 Å². The zero-order valence-electron chi connectivity index (χ0n) is 15.4. The van der Waals surface area contributed by atoms with Gasteiger partial charge in [0, 0.05) is 23.9 Å². The summed E-state index contributed by atoms with van der Waals surface area (Å²) < 4.78 is 18.5. The second-order valence-corrected chi connectivity index (χ2v) is 6.16. The van der Waals surface area contributed by atoms with Crippen LogP contribution in [0.15, 0.2) is 48.7 Å². The minimum absolute atomic E-state index is 0.154. The lowest BCUT2D eigenvalue weighted by Gasteiger charge is -2.14. The van der Waals surface area contributed by atoms with E-state index in [1.165, 1.54) is 36.5 Å². The van der Waals surface area contributed by atoms with Crippen LogP contribution in [0, 0.1) is 5.82 Å².